The summed E-state index contributed by atoms with van der Waals surface area (Å²) in [7, 11) is 0. The van der Waals surface area contributed by atoms with E-state index in [9.17, 15) is 19.7 Å². The van der Waals surface area contributed by atoms with Crippen molar-refractivity contribution in [2.75, 3.05) is 0 Å². The molecule has 0 fully saturated rings. The van der Waals surface area contributed by atoms with Crippen LogP contribution in [0.25, 0.3) is 5.69 Å². The number of carbonyl (C=O) groups excluding carboxylic acids is 2. The average Bonchev–Trinajstić information content (AvgIpc) is 3.20. The van der Waals surface area contributed by atoms with Crippen molar-refractivity contribution in [2.45, 2.75) is 0 Å². The minimum Gasteiger partial charge on any atom is -0.323 e. The quantitative estimate of drug-likeness (QED) is 0.557. The lowest BCUT2D eigenvalue weighted by Crippen LogP contribution is -2.42. The molecule has 130 valence electrons. The highest BCUT2D eigenvalue weighted by Crippen LogP contribution is 2.17. The molecule has 0 saturated heterocycles. The normalized spacial score (nSPS) is 10.2. The fourth-order valence-electron chi connectivity index (χ4n) is 2.46. The molecule has 0 aliphatic carbocycles. The van der Waals surface area contributed by atoms with E-state index in [-0.39, 0.29) is 11.3 Å². The maximum Gasteiger partial charge on any atom is 0.282 e. The molecule has 0 unspecified atom stereocenters. The van der Waals surface area contributed by atoms with Gasteiger partial charge in [-0.2, -0.15) is 0 Å². The Balaban J connectivity index is 1.77. The molecule has 0 aliphatic rings. The Hall–Kier alpha value is -3.94. The van der Waals surface area contributed by atoms with Gasteiger partial charge in [0.15, 0.2) is 0 Å². The van der Waals surface area contributed by atoms with Gasteiger partial charge in [0.2, 0.25) is 0 Å². The van der Waals surface area contributed by atoms with Gasteiger partial charge in [0.1, 0.15) is 5.56 Å². The van der Waals surface area contributed by atoms with E-state index in [1.165, 1.54) is 24.3 Å². The van der Waals surface area contributed by atoms with E-state index in [1.54, 1.807) is 41.2 Å². The predicted molar refractivity (Wildman–Crippen MR) is 93.8 cm³/mol. The summed E-state index contributed by atoms with van der Waals surface area (Å²) in [5.41, 5.74) is 4.99. The fourth-order valence-corrected chi connectivity index (χ4v) is 2.46. The van der Waals surface area contributed by atoms with E-state index >= 15 is 0 Å². The van der Waals surface area contributed by atoms with Gasteiger partial charge in [0, 0.05) is 18.5 Å². The number of carbonyl (C=O) groups is 2. The zero-order chi connectivity index (χ0) is 18.5. The molecule has 1 aromatic heterocycles. The maximum atomic E-state index is 12.4. The van der Waals surface area contributed by atoms with Gasteiger partial charge in [-0.3, -0.25) is 30.6 Å². The smallest absolute Gasteiger partial charge is 0.282 e. The van der Waals surface area contributed by atoms with Crippen LogP contribution in [0, 0.1) is 10.1 Å². The van der Waals surface area contributed by atoms with Crippen LogP contribution >= 0.6 is 0 Å². The molecule has 8 nitrogen and oxygen atoms in total. The summed E-state index contributed by atoms with van der Waals surface area (Å²) < 4.78 is 1.76. The van der Waals surface area contributed by atoms with Crippen molar-refractivity contribution in [1.29, 1.82) is 0 Å². The molecule has 0 atom stereocenters. The molecular weight excluding hydrogens is 336 g/mol. The Morgan fingerprint density at radius 2 is 1.35 bits per heavy atom. The lowest BCUT2D eigenvalue weighted by molar-refractivity contribution is -0.385. The van der Waals surface area contributed by atoms with Crippen LogP contribution in [0.1, 0.15) is 20.7 Å². The van der Waals surface area contributed by atoms with Crippen molar-refractivity contribution in [1.82, 2.24) is 15.4 Å². The zero-order valence-corrected chi connectivity index (χ0v) is 13.5. The van der Waals surface area contributed by atoms with Gasteiger partial charge in [0.05, 0.1) is 16.2 Å². The molecule has 0 bridgehead atoms. The topological polar surface area (TPSA) is 106 Å². The Labute approximate surface area is 148 Å². The number of para-hydroxylation sites is 2. The monoisotopic (exact) mass is 350 g/mol. The Bertz CT molecular complexity index is 967. The Morgan fingerprint density at radius 3 is 2.00 bits per heavy atom. The van der Waals surface area contributed by atoms with E-state index in [1.807, 2.05) is 12.1 Å². The molecule has 2 N–H and O–H groups in total. The second kappa shape index (κ2) is 7.31. The second-order valence-corrected chi connectivity index (χ2v) is 5.29. The third kappa shape index (κ3) is 3.44. The van der Waals surface area contributed by atoms with Gasteiger partial charge in [-0.25, -0.2) is 0 Å². The highest BCUT2D eigenvalue weighted by Gasteiger charge is 2.20. The van der Waals surface area contributed by atoms with Crippen LogP contribution in [0.3, 0.4) is 0 Å². The second-order valence-electron chi connectivity index (χ2n) is 5.29. The maximum absolute atomic E-state index is 12.4. The SMILES string of the molecule is O=C(NNC(=O)c1ccccc1[N+](=O)[O-])c1ccccc1-n1cccc1. The summed E-state index contributed by atoms with van der Waals surface area (Å²) in [4.78, 5) is 35.0. The third-order valence-corrected chi connectivity index (χ3v) is 3.67. The zero-order valence-electron chi connectivity index (χ0n) is 13.5. The molecular formula is C18H14N4O4. The number of hydrogen-bond donors (Lipinski definition) is 2. The minimum atomic E-state index is -0.774. The largest absolute Gasteiger partial charge is 0.323 e. The van der Waals surface area contributed by atoms with Crippen molar-refractivity contribution in [2.24, 2.45) is 0 Å². The number of rotatable bonds is 4. The Morgan fingerprint density at radius 1 is 0.808 bits per heavy atom. The number of nitro groups is 1. The molecule has 3 rings (SSSR count). The average molecular weight is 350 g/mol. The van der Waals surface area contributed by atoms with Crippen molar-refractivity contribution in [3.8, 4) is 5.69 Å². The van der Waals surface area contributed by atoms with E-state index in [0.29, 0.717) is 11.3 Å². The van der Waals surface area contributed by atoms with Crippen LogP contribution in [-0.2, 0) is 0 Å². The molecule has 8 heteroatoms. The lowest BCUT2D eigenvalue weighted by atomic mass is 10.1. The molecule has 2 amide bonds. The van der Waals surface area contributed by atoms with Crippen molar-refractivity contribution >= 4 is 17.5 Å². The molecule has 2 aromatic carbocycles. The number of hydrazine groups is 1. The summed E-state index contributed by atoms with van der Waals surface area (Å²) >= 11 is 0. The lowest BCUT2D eigenvalue weighted by Gasteiger charge is -2.12. The van der Waals surface area contributed by atoms with Crippen LogP contribution in [-0.4, -0.2) is 21.3 Å². The van der Waals surface area contributed by atoms with E-state index < -0.39 is 16.7 Å². The van der Waals surface area contributed by atoms with Crippen molar-refractivity contribution in [3.63, 3.8) is 0 Å². The van der Waals surface area contributed by atoms with Crippen LogP contribution < -0.4 is 10.9 Å². The highest BCUT2D eigenvalue weighted by molar-refractivity contribution is 6.02. The molecule has 26 heavy (non-hydrogen) atoms. The molecule has 3 aromatic rings. The van der Waals surface area contributed by atoms with E-state index in [2.05, 4.69) is 10.9 Å². The first-order valence-corrected chi connectivity index (χ1v) is 7.64. The first kappa shape index (κ1) is 16.9. The van der Waals surface area contributed by atoms with E-state index in [4.69, 9.17) is 0 Å². The van der Waals surface area contributed by atoms with Gasteiger partial charge in [0.25, 0.3) is 17.5 Å². The van der Waals surface area contributed by atoms with Crippen LogP contribution in [0.5, 0.6) is 0 Å². The molecule has 0 radical (unpaired) electrons. The number of amides is 2. The highest BCUT2D eigenvalue weighted by atomic mass is 16.6. The summed E-state index contributed by atoms with van der Waals surface area (Å²) in [6.45, 7) is 0. The van der Waals surface area contributed by atoms with Crippen LogP contribution in [0.2, 0.25) is 0 Å². The van der Waals surface area contributed by atoms with Gasteiger partial charge in [-0.05, 0) is 30.3 Å². The summed E-state index contributed by atoms with van der Waals surface area (Å²) in [5, 5.41) is 11.0. The van der Waals surface area contributed by atoms with Gasteiger partial charge in [-0.15, -0.1) is 0 Å². The molecule has 1 heterocycles. The number of hydrogen-bond acceptors (Lipinski definition) is 4. The fraction of sp³-hybridized carbons (Fsp3) is 0. The Kier molecular flexibility index (Phi) is 4.75. The summed E-state index contributed by atoms with van der Waals surface area (Å²) in [6.07, 6.45) is 3.58. The number of aromatic nitrogens is 1. The molecule has 0 spiro atoms. The van der Waals surface area contributed by atoms with Gasteiger partial charge < -0.3 is 4.57 Å². The third-order valence-electron chi connectivity index (χ3n) is 3.67. The summed E-state index contributed by atoms with van der Waals surface area (Å²) in [6, 6.07) is 16.0. The van der Waals surface area contributed by atoms with Gasteiger partial charge >= 0.3 is 0 Å². The van der Waals surface area contributed by atoms with Gasteiger partial charge in [-0.1, -0.05) is 24.3 Å². The number of nitrogens with zero attached hydrogens (tertiary/aromatic N) is 2. The molecule has 0 aliphatic heterocycles. The first-order chi connectivity index (χ1) is 12.6. The van der Waals surface area contributed by atoms with Crippen molar-refractivity contribution in [3.05, 3.63) is 94.3 Å². The summed E-state index contributed by atoms with van der Waals surface area (Å²) in [5.74, 6) is -1.31. The molecule has 0 saturated carbocycles. The van der Waals surface area contributed by atoms with Crippen molar-refractivity contribution < 1.29 is 14.5 Å². The van der Waals surface area contributed by atoms with Crippen LogP contribution in [0.15, 0.2) is 73.1 Å². The number of benzene rings is 2. The van der Waals surface area contributed by atoms with Crippen LogP contribution in [0.4, 0.5) is 5.69 Å². The number of nitrogens with one attached hydrogen (secondary N) is 2. The van der Waals surface area contributed by atoms with E-state index in [0.717, 1.165) is 0 Å². The standard InChI is InChI=1S/C18H14N4O4/c23-17(13-7-1-3-9-15(13)21-11-5-6-12-21)19-20-18(24)14-8-2-4-10-16(14)22(25)26/h1-12H,(H,19,23)(H,20,24). The minimum absolute atomic E-state index is 0.142. The predicted octanol–water partition coefficient (Wildman–Crippen LogP) is 2.46. The number of nitro benzene ring substituents is 1. The first-order valence-electron chi connectivity index (χ1n) is 7.64.